The Morgan fingerprint density at radius 3 is 2.17 bits per heavy atom. The molecule has 5 aromatic rings. The second kappa shape index (κ2) is 9.49. The van der Waals surface area contributed by atoms with Gasteiger partial charge in [0, 0.05) is 33.5 Å². The van der Waals surface area contributed by atoms with Crippen molar-refractivity contribution in [3.63, 3.8) is 0 Å². The van der Waals surface area contributed by atoms with Crippen LogP contribution >= 0.6 is 15.9 Å². The first-order valence-electron chi connectivity index (χ1n) is 11.7. The van der Waals surface area contributed by atoms with Gasteiger partial charge in [0.05, 0.1) is 6.04 Å². The number of nitrogens with zero attached hydrogens (tertiary/aromatic N) is 1. The monoisotopic (exact) mass is 517 g/mol. The molecular weight excluding hydrogens is 494 g/mol. The summed E-state index contributed by atoms with van der Waals surface area (Å²) >= 11 is 3.55. The van der Waals surface area contributed by atoms with E-state index in [0.29, 0.717) is 0 Å². The lowest BCUT2D eigenvalue weighted by molar-refractivity contribution is 0.442. The van der Waals surface area contributed by atoms with Crippen molar-refractivity contribution in [1.82, 2.24) is 15.6 Å². The van der Waals surface area contributed by atoms with Gasteiger partial charge in [-0.1, -0.05) is 107 Å². The zero-order valence-corrected chi connectivity index (χ0v) is 20.6. The van der Waals surface area contributed by atoms with Crippen molar-refractivity contribution in [2.24, 2.45) is 0 Å². The van der Waals surface area contributed by atoms with E-state index >= 15 is 0 Å². The van der Waals surface area contributed by atoms with Gasteiger partial charge < -0.3 is 5.32 Å². The first-order chi connectivity index (χ1) is 17.2. The van der Waals surface area contributed by atoms with Crippen LogP contribution in [0.1, 0.15) is 28.9 Å². The number of hydrogen-bond acceptors (Lipinski definition) is 3. The van der Waals surface area contributed by atoms with Crippen LogP contribution < -0.4 is 10.6 Å². The molecule has 0 amide bonds. The number of rotatable bonds is 4. The van der Waals surface area contributed by atoms with Crippen LogP contribution in [0.4, 0.5) is 0 Å². The molecule has 0 saturated carbocycles. The number of aromatic nitrogens is 1. The summed E-state index contributed by atoms with van der Waals surface area (Å²) in [6.07, 6.45) is 6.15. The first kappa shape index (κ1) is 21.8. The minimum Gasteiger partial charge on any atom is -0.366 e. The topological polar surface area (TPSA) is 37.0 Å². The molecule has 2 unspecified atom stereocenters. The Morgan fingerprint density at radius 1 is 0.657 bits per heavy atom. The van der Waals surface area contributed by atoms with Gasteiger partial charge in [0.25, 0.3) is 0 Å². The van der Waals surface area contributed by atoms with Crippen LogP contribution in [0.15, 0.2) is 126 Å². The van der Waals surface area contributed by atoms with E-state index in [2.05, 4.69) is 141 Å². The molecule has 2 atom stereocenters. The smallest absolute Gasteiger partial charge is 0.104 e. The highest BCUT2D eigenvalue weighted by atomic mass is 79.9. The van der Waals surface area contributed by atoms with Gasteiger partial charge >= 0.3 is 0 Å². The fourth-order valence-corrected chi connectivity index (χ4v) is 4.95. The summed E-state index contributed by atoms with van der Waals surface area (Å²) in [6.45, 7) is 0. The molecular formula is C31H24BrN3. The lowest BCUT2D eigenvalue weighted by Crippen LogP contribution is -2.39. The summed E-state index contributed by atoms with van der Waals surface area (Å²) in [5.74, 6) is 0. The van der Waals surface area contributed by atoms with Crippen molar-refractivity contribution in [3.8, 4) is 11.1 Å². The SMILES string of the molecule is Brc1ccc(C2C=C(c3ccc(-c4cncc5ccccc45)cc3)NC(c3ccccc3)N2)cc1. The maximum absolute atomic E-state index is 4.46. The Morgan fingerprint density at radius 2 is 1.37 bits per heavy atom. The molecule has 0 bridgehead atoms. The average molecular weight is 518 g/mol. The Balaban J connectivity index is 1.37. The predicted octanol–water partition coefficient (Wildman–Crippen LogP) is 7.64. The van der Waals surface area contributed by atoms with Crippen molar-refractivity contribution >= 4 is 32.4 Å². The zero-order valence-electron chi connectivity index (χ0n) is 19.0. The quantitative estimate of drug-likeness (QED) is 0.257. The lowest BCUT2D eigenvalue weighted by Gasteiger charge is -2.33. The van der Waals surface area contributed by atoms with Gasteiger partial charge in [0.1, 0.15) is 6.17 Å². The summed E-state index contributed by atoms with van der Waals surface area (Å²) < 4.78 is 1.08. The molecule has 1 aliphatic heterocycles. The highest BCUT2D eigenvalue weighted by Crippen LogP contribution is 2.32. The largest absolute Gasteiger partial charge is 0.366 e. The number of pyridine rings is 1. The van der Waals surface area contributed by atoms with Gasteiger partial charge in [-0.15, -0.1) is 0 Å². The molecule has 2 N–H and O–H groups in total. The van der Waals surface area contributed by atoms with Crippen LogP contribution in [0, 0.1) is 0 Å². The highest BCUT2D eigenvalue weighted by molar-refractivity contribution is 9.10. The van der Waals surface area contributed by atoms with Crippen molar-refractivity contribution in [1.29, 1.82) is 0 Å². The average Bonchev–Trinajstić information content (AvgIpc) is 2.93. The predicted molar refractivity (Wildman–Crippen MR) is 147 cm³/mol. The van der Waals surface area contributed by atoms with Gasteiger partial charge in [0.2, 0.25) is 0 Å². The van der Waals surface area contributed by atoms with Gasteiger partial charge in [-0.2, -0.15) is 0 Å². The number of nitrogens with one attached hydrogen (secondary N) is 2. The summed E-state index contributed by atoms with van der Waals surface area (Å²) in [4.78, 5) is 4.46. The molecule has 0 radical (unpaired) electrons. The van der Waals surface area contributed by atoms with Crippen molar-refractivity contribution in [2.75, 3.05) is 0 Å². The number of halogens is 1. The van der Waals surface area contributed by atoms with Crippen molar-refractivity contribution in [2.45, 2.75) is 12.2 Å². The number of fused-ring (bicyclic) bond motifs is 1. The first-order valence-corrected chi connectivity index (χ1v) is 12.5. The minimum atomic E-state index is 0.00629. The third-order valence-electron chi connectivity index (χ3n) is 6.52. The lowest BCUT2D eigenvalue weighted by atomic mass is 9.96. The van der Waals surface area contributed by atoms with Crippen LogP contribution in [-0.2, 0) is 0 Å². The molecule has 1 aromatic heterocycles. The van der Waals surface area contributed by atoms with Crippen LogP contribution in [-0.4, -0.2) is 4.98 Å². The second-order valence-corrected chi connectivity index (χ2v) is 9.67. The summed E-state index contributed by atoms with van der Waals surface area (Å²) in [7, 11) is 0. The van der Waals surface area contributed by atoms with Gasteiger partial charge in [-0.3, -0.25) is 10.3 Å². The normalized spacial score (nSPS) is 17.6. The third-order valence-corrected chi connectivity index (χ3v) is 7.05. The van der Waals surface area contributed by atoms with E-state index in [1.165, 1.54) is 16.5 Å². The summed E-state index contributed by atoms with van der Waals surface area (Å²) in [6, 6.07) is 36.3. The Bertz CT molecular complexity index is 1490. The summed E-state index contributed by atoms with van der Waals surface area (Å²) in [5, 5.41) is 9.84. The molecule has 170 valence electrons. The molecule has 6 rings (SSSR count). The van der Waals surface area contributed by atoms with E-state index in [1.54, 1.807) is 0 Å². The van der Waals surface area contributed by atoms with Crippen molar-refractivity contribution < 1.29 is 0 Å². The fourth-order valence-electron chi connectivity index (χ4n) is 4.68. The molecule has 1 aliphatic rings. The van der Waals surface area contributed by atoms with E-state index in [1.807, 2.05) is 12.4 Å². The Kier molecular flexibility index (Phi) is 5.91. The molecule has 4 heteroatoms. The maximum atomic E-state index is 4.46. The van der Waals surface area contributed by atoms with Gasteiger partial charge in [-0.05, 0) is 45.8 Å². The van der Waals surface area contributed by atoms with Crippen LogP contribution in [0.2, 0.25) is 0 Å². The van der Waals surface area contributed by atoms with Crippen molar-refractivity contribution in [3.05, 3.63) is 143 Å². The molecule has 2 heterocycles. The fraction of sp³-hybridized carbons (Fsp3) is 0.0645. The molecule has 3 nitrogen and oxygen atoms in total. The standard InChI is InChI=1S/C31H24BrN3/c32-26-16-14-23(15-17-26)30-18-29(34-31(35-30)24-6-2-1-3-7-24)22-12-10-21(11-13-22)28-20-33-19-25-8-4-5-9-27(25)28/h1-20,30-31,34-35H. The van der Waals surface area contributed by atoms with Gasteiger partial charge in [-0.25, -0.2) is 0 Å². The molecule has 35 heavy (non-hydrogen) atoms. The molecule has 0 aliphatic carbocycles. The van der Waals surface area contributed by atoms with E-state index in [0.717, 1.165) is 32.2 Å². The summed E-state index contributed by atoms with van der Waals surface area (Å²) in [5.41, 5.74) is 7.03. The molecule has 0 fully saturated rings. The highest BCUT2D eigenvalue weighted by Gasteiger charge is 2.24. The number of benzene rings is 4. The van der Waals surface area contributed by atoms with E-state index < -0.39 is 0 Å². The van der Waals surface area contributed by atoms with E-state index in [9.17, 15) is 0 Å². The Labute approximate surface area is 213 Å². The molecule has 0 spiro atoms. The molecule has 4 aromatic carbocycles. The van der Waals surface area contributed by atoms with E-state index in [4.69, 9.17) is 0 Å². The number of hydrogen-bond donors (Lipinski definition) is 2. The minimum absolute atomic E-state index is 0.00629. The van der Waals surface area contributed by atoms with Crippen LogP contribution in [0.5, 0.6) is 0 Å². The zero-order chi connectivity index (χ0) is 23.6. The maximum Gasteiger partial charge on any atom is 0.104 e. The van der Waals surface area contributed by atoms with Crippen LogP contribution in [0.25, 0.3) is 27.6 Å². The van der Waals surface area contributed by atoms with Gasteiger partial charge in [0.15, 0.2) is 0 Å². The second-order valence-electron chi connectivity index (χ2n) is 8.75. The van der Waals surface area contributed by atoms with Crippen LogP contribution in [0.3, 0.4) is 0 Å². The molecule has 0 saturated heterocycles. The Hall–Kier alpha value is -3.73. The van der Waals surface area contributed by atoms with E-state index in [-0.39, 0.29) is 12.2 Å². The third kappa shape index (κ3) is 4.51.